The van der Waals surface area contributed by atoms with Crippen molar-refractivity contribution in [2.75, 3.05) is 0 Å². The van der Waals surface area contributed by atoms with Gasteiger partial charge in [-0.3, -0.25) is 0 Å². The fourth-order valence-electron chi connectivity index (χ4n) is 1.28. The molecule has 0 spiro atoms. The smallest absolute Gasteiger partial charge is 0.324 e. The quantitative estimate of drug-likeness (QED) is 0.853. The van der Waals surface area contributed by atoms with Crippen LogP contribution in [0.4, 0.5) is 13.2 Å². The third-order valence-electron chi connectivity index (χ3n) is 2.34. The first-order valence-electron chi connectivity index (χ1n) is 4.75. The van der Waals surface area contributed by atoms with Gasteiger partial charge in [-0.2, -0.15) is 13.2 Å². The van der Waals surface area contributed by atoms with Gasteiger partial charge in [0.05, 0.1) is 5.56 Å². The van der Waals surface area contributed by atoms with Crippen LogP contribution in [0.25, 0.3) is 0 Å². The van der Waals surface area contributed by atoms with E-state index in [1.54, 1.807) is 0 Å². The molecule has 0 saturated heterocycles. The number of nitrogens with two attached hydrogens (primary N) is 1. The summed E-state index contributed by atoms with van der Waals surface area (Å²) in [5.41, 5.74) is 5.91. The first-order valence-corrected chi connectivity index (χ1v) is 4.75. The van der Waals surface area contributed by atoms with Crippen LogP contribution in [0.3, 0.4) is 0 Å². The molecule has 0 radical (unpaired) electrons. The second-order valence-electron chi connectivity index (χ2n) is 3.89. The zero-order valence-electron chi connectivity index (χ0n) is 9.08. The van der Waals surface area contributed by atoms with Crippen LogP contribution in [-0.2, 0) is 6.18 Å². The predicted octanol–water partition coefficient (Wildman–Crippen LogP) is 3.78. The van der Waals surface area contributed by atoms with Crippen LogP contribution < -0.4 is 5.73 Å². The Kier molecular flexibility index (Phi) is 5.29. The van der Waals surface area contributed by atoms with Crippen LogP contribution in [0, 0.1) is 5.92 Å². The maximum absolute atomic E-state index is 12.2. The summed E-state index contributed by atoms with van der Waals surface area (Å²) in [4.78, 5) is 0. The van der Waals surface area contributed by atoms with Crippen molar-refractivity contribution in [3.63, 3.8) is 0 Å². The Labute approximate surface area is 99.2 Å². The highest BCUT2D eigenvalue weighted by molar-refractivity contribution is 5.85. The third-order valence-corrected chi connectivity index (χ3v) is 2.34. The van der Waals surface area contributed by atoms with Crippen molar-refractivity contribution in [3.8, 4) is 0 Å². The van der Waals surface area contributed by atoms with E-state index >= 15 is 0 Å². The average Bonchev–Trinajstić information content (AvgIpc) is 2.15. The number of hydrogen-bond acceptors (Lipinski definition) is 1. The second kappa shape index (κ2) is 5.55. The number of hydrogen-bond donors (Lipinski definition) is 1. The minimum atomic E-state index is -4.28. The Hall–Kier alpha value is -0.740. The Balaban J connectivity index is 0.00000225. The van der Waals surface area contributed by atoms with Crippen LogP contribution in [0.1, 0.15) is 31.0 Å². The van der Waals surface area contributed by atoms with E-state index in [1.165, 1.54) is 12.1 Å². The molecule has 0 aliphatic heterocycles. The van der Waals surface area contributed by atoms with E-state index in [0.717, 1.165) is 17.7 Å². The van der Waals surface area contributed by atoms with E-state index in [1.807, 2.05) is 13.8 Å². The Bertz CT molecular complexity index is 319. The average molecular weight is 254 g/mol. The van der Waals surface area contributed by atoms with Crippen molar-refractivity contribution in [3.05, 3.63) is 35.4 Å². The van der Waals surface area contributed by atoms with E-state index < -0.39 is 11.7 Å². The summed E-state index contributed by atoms with van der Waals surface area (Å²) in [7, 11) is 0. The predicted molar refractivity (Wildman–Crippen MR) is 60.5 cm³/mol. The molecule has 1 nitrogen and oxygen atoms in total. The van der Waals surface area contributed by atoms with Gasteiger partial charge in [0.15, 0.2) is 0 Å². The van der Waals surface area contributed by atoms with Crippen molar-refractivity contribution < 1.29 is 13.2 Å². The molecule has 1 aromatic rings. The monoisotopic (exact) mass is 253 g/mol. The molecular weight excluding hydrogens is 239 g/mol. The lowest BCUT2D eigenvalue weighted by atomic mass is 9.96. The van der Waals surface area contributed by atoms with E-state index in [4.69, 9.17) is 5.73 Å². The lowest BCUT2D eigenvalue weighted by Gasteiger charge is -2.16. The fourth-order valence-corrected chi connectivity index (χ4v) is 1.28. The SMILES string of the molecule is CC(C)[C@H](N)c1ccc(C(F)(F)F)cc1.Cl. The summed E-state index contributed by atoms with van der Waals surface area (Å²) in [6.45, 7) is 3.87. The van der Waals surface area contributed by atoms with Gasteiger partial charge in [0.1, 0.15) is 0 Å². The topological polar surface area (TPSA) is 26.0 Å². The van der Waals surface area contributed by atoms with E-state index in [0.29, 0.717) is 0 Å². The van der Waals surface area contributed by atoms with Gasteiger partial charge in [0.2, 0.25) is 0 Å². The third kappa shape index (κ3) is 3.68. The zero-order chi connectivity index (χ0) is 11.6. The molecule has 1 rings (SSSR count). The van der Waals surface area contributed by atoms with Crippen LogP contribution in [0.5, 0.6) is 0 Å². The summed E-state index contributed by atoms with van der Waals surface area (Å²) < 4.78 is 36.7. The maximum Gasteiger partial charge on any atom is 0.416 e. The highest BCUT2D eigenvalue weighted by atomic mass is 35.5. The van der Waals surface area contributed by atoms with Gasteiger partial charge < -0.3 is 5.73 Å². The van der Waals surface area contributed by atoms with Gasteiger partial charge >= 0.3 is 6.18 Å². The Morgan fingerprint density at radius 1 is 1.06 bits per heavy atom. The number of rotatable bonds is 2. The van der Waals surface area contributed by atoms with Crippen LogP contribution in [0.15, 0.2) is 24.3 Å². The van der Waals surface area contributed by atoms with E-state index in [9.17, 15) is 13.2 Å². The number of halogens is 4. The molecule has 0 saturated carbocycles. The minimum Gasteiger partial charge on any atom is -0.324 e. The normalized spacial score (nSPS) is 13.4. The molecule has 1 aromatic carbocycles. The summed E-state index contributed by atoms with van der Waals surface area (Å²) in [6, 6.07) is 4.79. The zero-order valence-corrected chi connectivity index (χ0v) is 9.90. The van der Waals surface area contributed by atoms with Gasteiger partial charge in [0, 0.05) is 6.04 Å². The second-order valence-corrected chi connectivity index (χ2v) is 3.89. The van der Waals surface area contributed by atoms with E-state index in [-0.39, 0.29) is 24.4 Å². The highest BCUT2D eigenvalue weighted by Crippen LogP contribution is 2.30. The first-order chi connectivity index (χ1) is 6.82. The highest BCUT2D eigenvalue weighted by Gasteiger charge is 2.30. The fraction of sp³-hybridized carbons (Fsp3) is 0.455. The van der Waals surface area contributed by atoms with Crippen molar-refractivity contribution in [1.29, 1.82) is 0 Å². The lowest BCUT2D eigenvalue weighted by Crippen LogP contribution is -2.17. The molecule has 0 aliphatic rings. The Morgan fingerprint density at radius 3 is 1.81 bits per heavy atom. The van der Waals surface area contributed by atoms with Crippen molar-refractivity contribution in [2.24, 2.45) is 11.7 Å². The lowest BCUT2D eigenvalue weighted by molar-refractivity contribution is -0.137. The van der Waals surface area contributed by atoms with Crippen LogP contribution >= 0.6 is 12.4 Å². The van der Waals surface area contributed by atoms with Crippen molar-refractivity contribution in [2.45, 2.75) is 26.1 Å². The molecular formula is C11H15ClF3N. The maximum atomic E-state index is 12.2. The molecule has 1 atom stereocenters. The van der Waals surface area contributed by atoms with Gasteiger partial charge in [0.25, 0.3) is 0 Å². The van der Waals surface area contributed by atoms with E-state index in [2.05, 4.69) is 0 Å². The molecule has 0 amide bonds. The van der Waals surface area contributed by atoms with Crippen molar-refractivity contribution >= 4 is 12.4 Å². The Morgan fingerprint density at radius 2 is 1.50 bits per heavy atom. The molecule has 16 heavy (non-hydrogen) atoms. The first kappa shape index (κ1) is 15.3. The van der Waals surface area contributed by atoms with Crippen molar-refractivity contribution in [1.82, 2.24) is 0 Å². The summed E-state index contributed by atoms with van der Waals surface area (Å²) >= 11 is 0. The molecule has 0 bridgehead atoms. The molecule has 2 N–H and O–H groups in total. The summed E-state index contributed by atoms with van der Waals surface area (Å²) in [5.74, 6) is 0.210. The molecule has 0 aliphatic carbocycles. The molecule has 0 heterocycles. The molecule has 92 valence electrons. The van der Waals surface area contributed by atoms with Crippen LogP contribution in [0.2, 0.25) is 0 Å². The van der Waals surface area contributed by atoms with Gasteiger partial charge in [-0.15, -0.1) is 12.4 Å². The van der Waals surface area contributed by atoms with Gasteiger partial charge in [-0.05, 0) is 23.6 Å². The largest absolute Gasteiger partial charge is 0.416 e. The molecule has 0 unspecified atom stereocenters. The molecule has 0 fully saturated rings. The summed E-state index contributed by atoms with van der Waals surface area (Å²) in [6.07, 6.45) is -4.28. The number of benzene rings is 1. The van der Waals surface area contributed by atoms with Crippen LogP contribution in [-0.4, -0.2) is 0 Å². The summed E-state index contributed by atoms with van der Waals surface area (Å²) in [5, 5.41) is 0. The number of alkyl halides is 3. The van der Waals surface area contributed by atoms with Gasteiger partial charge in [-0.1, -0.05) is 26.0 Å². The molecule has 5 heteroatoms. The molecule has 0 aromatic heterocycles. The standard InChI is InChI=1S/C11H14F3N.ClH/c1-7(2)10(15)8-3-5-9(6-4-8)11(12,13)14;/h3-7,10H,15H2,1-2H3;1H/t10-;/m0./s1. The minimum absolute atomic E-state index is 0. The van der Waals surface area contributed by atoms with Gasteiger partial charge in [-0.25, -0.2) is 0 Å².